The molecule has 0 amide bonds. The number of alkyl halides is 6. The Labute approximate surface area is 210 Å². The van der Waals surface area contributed by atoms with Crippen LogP contribution in [0.4, 0.5) is 26.3 Å². The van der Waals surface area contributed by atoms with E-state index in [1.54, 1.807) is 42.5 Å². The fourth-order valence-corrected chi connectivity index (χ4v) is 4.15. The van der Waals surface area contributed by atoms with Gasteiger partial charge in [-0.25, -0.2) is 4.98 Å². The number of hydrogen-bond acceptors (Lipinski definition) is 4. The van der Waals surface area contributed by atoms with Crippen LogP contribution >= 0.6 is 11.6 Å². The maximum absolute atomic E-state index is 13.6. The molecule has 4 aromatic rings. The molecule has 0 bridgehead atoms. The van der Waals surface area contributed by atoms with Gasteiger partial charge in [-0.3, -0.25) is 9.36 Å². The molecule has 3 aromatic carbocycles. The third-order valence-electron chi connectivity index (χ3n) is 5.78. The number of rotatable bonds is 5. The van der Waals surface area contributed by atoms with Gasteiger partial charge in [0, 0.05) is 12.0 Å². The van der Waals surface area contributed by atoms with E-state index in [-0.39, 0.29) is 23.3 Å². The zero-order valence-corrected chi connectivity index (χ0v) is 19.6. The molecule has 0 saturated carbocycles. The van der Waals surface area contributed by atoms with E-state index in [2.05, 4.69) is 4.98 Å². The lowest BCUT2D eigenvalue weighted by atomic mass is 9.92. The number of aromatic nitrogens is 2. The molecule has 5 nitrogen and oxygen atoms in total. The summed E-state index contributed by atoms with van der Waals surface area (Å²) in [6.07, 6.45) is -12.1. The van der Waals surface area contributed by atoms with Crippen molar-refractivity contribution >= 4 is 22.5 Å². The first-order chi connectivity index (χ1) is 17.3. The summed E-state index contributed by atoms with van der Waals surface area (Å²) in [4.78, 5) is 18.1. The fraction of sp³-hybridized carbons (Fsp3) is 0.200. The van der Waals surface area contributed by atoms with E-state index in [4.69, 9.17) is 16.3 Å². The molecule has 0 unspecified atom stereocenters. The monoisotopic (exact) mass is 542 g/mol. The van der Waals surface area contributed by atoms with Crippen LogP contribution in [-0.2, 0) is 12.0 Å². The summed E-state index contributed by atoms with van der Waals surface area (Å²) in [5.41, 5.74) is -6.59. The van der Waals surface area contributed by atoms with Gasteiger partial charge in [0.15, 0.2) is 0 Å². The zero-order chi connectivity index (χ0) is 27.2. The summed E-state index contributed by atoms with van der Waals surface area (Å²) in [6, 6.07) is 14.9. The molecule has 0 radical (unpaired) electrons. The normalized spacial score (nSPS) is 12.7. The van der Waals surface area contributed by atoms with Crippen LogP contribution in [0.1, 0.15) is 17.0 Å². The average Bonchev–Trinajstić information content (AvgIpc) is 2.83. The molecule has 0 fully saturated rings. The van der Waals surface area contributed by atoms with Crippen molar-refractivity contribution in [2.45, 2.75) is 24.4 Å². The van der Waals surface area contributed by atoms with Crippen molar-refractivity contribution in [3.05, 3.63) is 99.1 Å². The largest absolute Gasteiger partial charge is 0.497 e. The molecule has 0 atom stereocenters. The van der Waals surface area contributed by atoms with E-state index in [1.165, 1.54) is 13.2 Å². The van der Waals surface area contributed by atoms with E-state index in [0.717, 1.165) is 16.2 Å². The first kappa shape index (κ1) is 26.5. The first-order valence-corrected chi connectivity index (χ1v) is 11.0. The summed E-state index contributed by atoms with van der Waals surface area (Å²) in [6.45, 7) is 0. The fourth-order valence-electron chi connectivity index (χ4n) is 3.88. The summed E-state index contributed by atoms with van der Waals surface area (Å²) < 4.78 is 86.4. The Morgan fingerprint density at radius 3 is 2.16 bits per heavy atom. The highest BCUT2D eigenvalue weighted by Gasteiger charge is 2.71. The molecule has 0 aliphatic rings. The number of aliphatic hydroxyl groups is 1. The van der Waals surface area contributed by atoms with Crippen molar-refractivity contribution in [3.8, 4) is 11.4 Å². The van der Waals surface area contributed by atoms with Gasteiger partial charge in [0.1, 0.15) is 11.6 Å². The minimum atomic E-state index is -6.09. The Morgan fingerprint density at radius 1 is 0.946 bits per heavy atom. The number of methoxy groups -OCH3 is 1. The Bertz CT molecular complexity index is 1500. The van der Waals surface area contributed by atoms with Gasteiger partial charge in [0.05, 0.1) is 28.7 Å². The lowest BCUT2D eigenvalue weighted by molar-refractivity contribution is -0.376. The highest BCUT2D eigenvalue weighted by atomic mass is 35.5. The molecule has 0 spiro atoms. The molecule has 1 N–H and O–H groups in total. The van der Waals surface area contributed by atoms with Crippen LogP contribution in [0, 0.1) is 0 Å². The van der Waals surface area contributed by atoms with E-state index in [9.17, 15) is 36.2 Å². The molecule has 0 aliphatic heterocycles. The van der Waals surface area contributed by atoms with E-state index < -0.39 is 34.1 Å². The maximum Gasteiger partial charge on any atom is 0.430 e. The summed E-state index contributed by atoms with van der Waals surface area (Å²) in [7, 11) is 1.38. The van der Waals surface area contributed by atoms with Crippen LogP contribution in [0.15, 0.2) is 71.5 Å². The topological polar surface area (TPSA) is 64.3 Å². The van der Waals surface area contributed by atoms with Gasteiger partial charge in [-0.15, -0.1) is 0 Å². The van der Waals surface area contributed by atoms with Gasteiger partial charge in [-0.05, 0) is 35.9 Å². The highest BCUT2D eigenvalue weighted by molar-refractivity contribution is 6.32. The van der Waals surface area contributed by atoms with Crippen LogP contribution in [0.5, 0.6) is 5.75 Å². The van der Waals surface area contributed by atoms with Crippen molar-refractivity contribution in [2.24, 2.45) is 0 Å². The number of fused-ring (bicyclic) bond motifs is 1. The van der Waals surface area contributed by atoms with Crippen LogP contribution in [0.25, 0.3) is 16.6 Å². The summed E-state index contributed by atoms with van der Waals surface area (Å²) >= 11 is 6.17. The Morgan fingerprint density at radius 2 is 1.59 bits per heavy atom. The minimum absolute atomic E-state index is 0.0818. The average molecular weight is 543 g/mol. The Kier molecular flexibility index (Phi) is 6.72. The van der Waals surface area contributed by atoms with Crippen LogP contribution in [0.2, 0.25) is 5.02 Å². The molecular formula is C25H17ClF6N2O3. The quantitative estimate of drug-likeness (QED) is 0.317. The predicted octanol–water partition coefficient (Wildman–Crippen LogP) is 5.95. The van der Waals surface area contributed by atoms with Crippen LogP contribution in [0.3, 0.4) is 0 Å². The second-order valence-corrected chi connectivity index (χ2v) is 8.49. The minimum Gasteiger partial charge on any atom is -0.497 e. The molecular weight excluding hydrogens is 526 g/mol. The molecule has 0 saturated heterocycles. The number of hydrogen-bond donors (Lipinski definition) is 1. The second kappa shape index (κ2) is 9.38. The van der Waals surface area contributed by atoms with Crippen molar-refractivity contribution < 1.29 is 36.2 Å². The molecule has 12 heteroatoms. The number of halogens is 7. The van der Waals surface area contributed by atoms with Crippen LogP contribution < -0.4 is 10.3 Å². The molecule has 1 aromatic heterocycles. The zero-order valence-electron chi connectivity index (χ0n) is 18.9. The van der Waals surface area contributed by atoms with Crippen molar-refractivity contribution in [3.63, 3.8) is 0 Å². The lowest BCUT2D eigenvalue weighted by Crippen LogP contribution is -2.53. The SMILES string of the molecule is COc1ccc2nc(Cc3ccccc3)n(-c3ccc(C(O)(C(F)(F)F)C(F)(F)F)cc3Cl)c(=O)c2c1. The number of benzene rings is 3. The molecule has 194 valence electrons. The Hall–Kier alpha value is -3.57. The van der Waals surface area contributed by atoms with Crippen molar-refractivity contribution in [2.75, 3.05) is 7.11 Å². The number of ether oxygens (including phenoxy) is 1. The lowest BCUT2D eigenvalue weighted by Gasteiger charge is -2.33. The summed E-state index contributed by atoms with van der Waals surface area (Å²) in [5.74, 6) is 0.459. The highest BCUT2D eigenvalue weighted by Crippen LogP contribution is 2.50. The van der Waals surface area contributed by atoms with Crippen LogP contribution in [-0.4, -0.2) is 34.1 Å². The summed E-state index contributed by atoms with van der Waals surface area (Å²) in [5, 5.41) is 9.19. The van der Waals surface area contributed by atoms with Gasteiger partial charge >= 0.3 is 12.4 Å². The third kappa shape index (κ3) is 4.64. The van der Waals surface area contributed by atoms with Gasteiger partial charge in [0.25, 0.3) is 11.2 Å². The molecule has 4 rings (SSSR count). The second-order valence-electron chi connectivity index (χ2n) is 8.09. The maximum atomic E-state index is 13.6. The third-order valence-corrected chi connectivity index (χ3v) is 6.08. The molecule has 1 heterocycles. The van der Waals surface area contributed by atoms with Crippen molar-refractivity contribution in [1.82, 2.24) is 9.55 Å². The van der Waals surface area contributed by atoms with Gasteiger partial charge in [-0.1, -0.05) is 48.0 Å². The smallest absolute Gasteiger partial charge is 0.430 e. The van der Waals surface area contributed by atoms with E-state index in [0.29, 0.717) is 23.4 Å². The molecule has 37 heavy (non-hydrogen) atoms. The number of nitrogens with zero attached hydrogens (tertiary/aromatic N) is 2. The van der Waals surface area contributed by atoms with E-state index in [1.807, 2.05) is 0 Å². The van der Waals surface area contributed by atoms with E-state index >= 15 is 0 Å². The first-order valence-electron chi connectivity index (χ1n) is 10.6. The standard InChI is InChI=1S/C25H17ClF6N2O3/c1-37-16-8-9-19-17(13-16)22(35)34(21(33-19)11-14-5-3-2-4-6-14)20-10-7-15(12-18(20)26)23(36,24(27,28)29)25(30,31)32/h2-10,12-13,36H,11H2,1H3. The molecule has 0 aliphatic carbocycles. The Balaban J connectivity index is 1.97. The van der Waals surface area contributed by atoms with Gasteiger partial charge in [-0.2, -0.15) is 26.3 Å². The van der Waals surface area contributed by atoms with Gasteiger partial charge in [0.2, 0.25) is 0 Å². The van der Waals surface area contributed by atoms with Gasteiger partial charge < -0.3 is 9.84 Å². The van der Waals surface area contributed by atoms with Crippen molar-refractivity contribution in [1.29, 1.82) is 0 Å². The predicted molar refractivity (Wildman–Crippen MR) is 124 cm³/mol.